The minimum atomic E-state index is 0.0274. The zero-order valence-corrected chi connectivity index (χ0v) is 14.6. The minimum Gasteiger partial charge on any atom is -0.311 e. The number of carbonyl (C=O) groups excluding carboxylic acids is 1. The molecule has 2 aromatic rings. The lowest BCUT2D eigenvalue weighted by Gasteiger charge is -2.30. The molecule has 0 N–H and O–H groups in total. The van der Waals surface area contributed by atoms with Gasteiger partial charge in [0.25, 0.3) is 5.91 Å². The molecule has 1 aliphatic heterocycles. The fraction of sp³-hybridized carbons (Fsp3) is 0.381. The number of carbonyl (C=O) groups is 1. The number of benzene rings is 2. The van der Waals surface area contributed by atoms with E-state index in [2.05, 4.69) is 24.0 Å². The molecule has 1 saturated heterocycles. The van der Waals surface area contributed by atoms with Crippen LogP contribution in [-0.2, 0) is 6.54 Å². The molecular weight excluding hydrogens is 296 g/mol. The Morgan fingerprint density at radius 2 is 1.67 bits per heavy atom. The second kappa shape index (κ2) is 7.63. The number of nitrogens with zero attached hydrogens (tertiary/aromatic N) is 2. The van der Waals surface area contributed by atoms with Crippen molar-refractivity contribution in [2.24, 2.45) is 5.92 Å². The van der Waals surface area contributed by atoms with Gasteiger partial charge in [0.05, 0.1) is 0 Å². The van der Waals surface area contributed by atoms with E-state index in [-0.39, 0.29) is 5.91 Å². The summed E-state index contributed by atoms with van der Waals surface area (Å²) in [6.45, 7) is 5.67. The van der Waals surface area contributed by atoms with Gasteiger partial charge in [0, 0.05) is 24.8 Å². The lowest BCUT2D eigenvalue weighted by atomic mass is 9.99. The van der Waals surface area contributed by atoms with Crippen LogP contribution in [0.25, 0.3) is 0 Å². The third-order valence-corrected chi connectivity index (χ3v) is 4.93. The summed E-state index contributed by atoms with van der Waals surface area (Å²) in [4.78, 5) is 16.8. The van der Waals surface area contributed by atoms with Gasteiger partial charge in [0.2, 0.25) is 0 Å². The van der Waals surface area contributed by atoms with E-state index in [1.54, 1.807) is 4.90 Å². The molecule has 0 atom stereocenters. The van der Waals surface area contributed by atoms with Crippen LogP contribution in [-0.4, -0.2) is 30.9 Å². The Morgan fingerprint density at radius 3 is 2.29 bits per heavy atom. The molecule has 2 aromatic carbocycles. The highest BCUT2D eigenvalue weighted by Gasteiger charge is 2.16. The van der Waals surface area contributed by atoms with Gasteiger partial charge < -0.3 is 4.90 Å². The number of likely N-dealkylation sites (tertiary alicyclic amines) is 1. The average Bonchev–Trinajstić information content (AvgIpc) is 2.64. The standard InChI is InChI=1S/C21H26N2O/c1-17-12-14-23(15-13-17)16-18-8-10-19(11-9-18)21(24)22(2)20-6-4-3-5-7-20/h3-11,17H,12-16H2,1-2H3. The minimum absolute atomic E-state index is 0.0274. The first-order valence-electron chi connectivity index (χ1n) is 8.78. The molecule has 1 fully saturated rings. The fourth-order valence-corrected chi connectivity index (χ4v) is 3.19. The molecule has 1 heterocycles. The molecule has 0 bridgehead atoms. The zero-order chi connectivity index (χ0) is 16.9. The monoisotopic (exact) mass is 322 g/mol. The molecule has 3 nitrogen and oxygen atoms in total. The maximum Gasteiger partial charge on any atom is 0.258 e. The van der Waals surface area contributed by atoms with Gasteiger partial charge in [0.1, 0.15) is 0 Å². The van der Waals surface area contributed by atoms with Crippen molar-refractivity contribution in [3.8, 4) is 0 Å². The summed E-state index contributed by atoms with van der Waals surface area (Å²) in [6.07, 6.45) is 2.58. The van der Waals surface area contributed by atoms with E-state index in [0.717, 1.165) is 23.7 Å². The highest BCUT2D eigenvalue weighted by Crippen LogP contribution is 2.19. The zero-order valence-electron chi connectivity index (χ0n) is 14.6. The Labute approximate surface area is 144 Å². The first-order valence-corrected chi connectivity index (χ1v) is 8.78. The maximum absolute atomic E-state index is 12.6. The highest BCUT2D eigenvalue weighted by molar-refractivity contribution is 6.05. The van der Waals surface area contributed by atoms with E-state index in [1.165, 1.54) is 31.5 Å². The van der Waals surface area contributed by atoms with Crippen LogP contribution >= 0.6 is 0 Å². The van der Waals surface area contributed by atoms with Crippen LogP contribution in [0.3, 0.4) is 0 Å². The number of rotatable bonds is 4. The lowest BCUT2D eigenvalue weighted by Crippen LogP contribution is -2.32. The van der Waals surface area contributed by atoms with Gasteiger partial charge in [-0.1, -0.05) is 37.3 Å². The smallest absolute Gasteiger partial charge is 0.258 e. The molecule has 3 heteroatoms. The van der Waals surface area contributed by atoms with Crippen molar-refractivity contribution in [1.29, 1.82) is 0 Å². The highest BCUT2D eigenvalue weighted by atomic mass is 16.2. The Bertz CT molecular complexity index is 658. The van der Waals surface area contributed by atoms with E-state index in [9.17, 15) is 4.79 Å². The third-order valence-electron chi connectivity index (χ3n) is 4.93. The van der Waals surface area contributed by atoms with Crippen molar-refractivity contribution >= 4 is 11.6 Å². The van der Waals surface area contributed by atoms with Crippen LogP contribution in [0.15, 0.2) is 54.6 Å². The van der Waals surface area contributed by atoms with Gasteiger partial charge in [-0.2, -0.15) is 0 Å². The summed E-state index contributed by atoms with van der Waals surface area (Å²) in [5.41, 5.74) is 2.93. The van der Waals surface area contributed by atoms with Crippen molar-refractivity contribution in [2.45, 2.75) is 26.3 Å². The topological polar surface area (TPSA) is 23.6 Å². The lowest BCUT2D eigenvalue weighted by molar-refractivity contribution is 0.0993. The molecule has 1 amide bonds. The molecule has 24 heavy (non-hydrogen) atoms. The third kappa shape index (κ3) is 4.04. The number of para-hydroxylation sites is 1. The van der Waals surface area contributed by atoms with Gasteiger partial charge in [-0.3, -0.25) is 9.69 Å². The van der Waals surface area contributed by atoms with Crippen molar-refractivity contribution < 1.29 is 4.79 Å². The SMILES string of the molecule is CC1CCN(Cc2ccc(C(=O)N(C)c3ccccc3)cc2)CC1. The Kier molecular flexibility index (Phi) is 5.31. The summed E-state index contributed by atoms with van der Waals surface area (Å²) < 4.78 is 0. The molecule has 3 rings (SSSR count). The van der Waals surface area contributed by atoms with Gasteiger partial charge in [-0.05, 0) is 61.7 Å². The predicted octanol–water partition coefficient (Wildman–Crippen LogP) is 4.20. The fourth-order valence-electron chi connectivity index (χ4n) is 3.19. The van der Waals surface area contributed by atoms with Gasteiger partial charge >= 0.3 is 0 Å². The summed E-state index contributed by atoms with van der Waals surface area (Å²) in [7, 11) is 1.82. The number of anilines is 1. The van der Waals surface area contributed by atoms with Crippen molar-refractivity contribution in [3.63, 3.8) is 0 Å². The normalized spacial score (nSPS) is 16.1. The van der Waals surface area contributed by atoms with E-state index in [0.29, 0.717) is 0 Å². The molecule has 0 radical (unpaired) electrons. The second-order valence-corrected chi connectivity index (χ2v) is 6.86. The van der Waals surface area contributed by atoms with Crippen LogP contribution < -0.4 is 4.90 Å². The number of hydrogen-bond acceptors (Lipinski definition) is 2. The number of piperidine rings is 1. The molecule has 126 valence electrons. The predicted molar refractivity (Wildman–Crippen MR) is 99.3 cm³/mol. The van der Waals surface area contributed by atoms with E-state index < -0.39 is 0 Å². The second-order valence-electron chi connectivity index (χ2n) is 6.86. The summed E-state index contributed by atoms with van der Waals surface area (Å²) >= 11 is 0. The molecule has 0 unspecified atom stereocenters. The van der Waals surface area contributed by atoms with Crippen LogP contribution in [0.4, 0.5) is 5.69 Å². The van der Waals surface area contributed by atoms with Gasteiger partial charge in [0.15, 0.2) is 0 Å². The van der Waals surface area contributed by atoms with Crippen LogP contribution in [0.2, 0.25) is 0 Å². The molecule has 0 aromatic heterocycles. The van der Waals surface area contributed by atoms with E-state index >= 15 is 0 Å². The number of amides is 1. The van der Waals surface area contributed by atoms with Gasteiger partial charge in [-0.25, -0.2) is 0 Å². The quantitative estimate of drug-likeness (QED) is 0.842. The average molecular weight is 322 g/mol. The van der Waals surface area contributed by atoms with Crippen LogP contribution in [0.1, 0.15) is 35.7 Å². The van der Waals surface area contributed by atoms with E-state index in [4.69, 9.17) is 0 Å². The molecule has 0 saturated carbocycles. The van der Waals surface area contributed by atoms with Gasteiger partial charge in [-0.15, -0.1) is 0 Å². The van der Waals surface area contributed by atoms with Crippen molar-refractivity contribution in [1.82, 2.24) is 4.90 Å². The molecule has 0 aliphatic carbocycles. The maximum atomic E-state index is 12.6. The van der Waals surface area contributed by atoms with Crippen molar-refractivity contribution in [2.75, 3.05) is 25.0 Å². The van der Waals surface area contributed by atoms with Crippen LogP contribution in [0, 0.1) is 5.92 Å². The molecule has 0 spiro atoms. The summed E-state index contributed by atoms with van der Waals surface area (Å²) in [6, 6.07) is 17.8. The molecule has 1 aliphatic rings. The van der Waals surface area contributed by atoms with Crippen LogP contribution in [0.5, 0.6) is 0 Å². The first kappa shape index (κ1) is 16.7. The summed E-state index contributed by atoms with van der Waals surface area (Å²) in [5.74, 6) is 0.884. The van der Waals surface area contributed by atoms with Crippen molar-refractivity contribution in [3.05, 3.63) is 65.7 Å². The largest absolute Gasteiger partial charge is 0.311 e. The Balaban J connectivity index is 1.62. The summed E-state index contributed by atoms with van der Waals surface area (Å²) in [5, 5.41) is 0. The Hall–Kier alpha value is -2.13. The Morgan fingerprint density at radius 1 is 1.04 bits per heavy atom. The number of hydrogen-bond donors (Lipinski definition) is 0. The van der Waals surface area contributed by atoms with E-state index in [1.807, 2.05) is 49.5 Å². The first-order chi connectivity index (χ1) is 11.6. The molecular formula is C21H26N2O.